The summed E-state index contributed by atoms with van der Waals surface area (Å²) in [5.74, 6) is -1.01. The lowest BCUT2D eigenvalue weighted by molar-refractivity contribution is -0.0511. The Morgan fingerprint density at radius 3 is 2.73 bits per heavy atom. The zero-order valence-corrected chi connectivity index (χ0v) is 10.8. The summed E-state index contributed by atoms with van der Waals surface area (Å²) in [4.78, 5) is 20.8. The number of nitrogens with one attached hydrogen (secondary N) is 1. The lowest BCUT2D eigenvalue weighted by atomic mass is 10.1. The average Bonchev–Trinajstić information content (AvgIpc) is 3.02. The van der Waals surface area contributed by atoms with Crippen LogP contribution in [0.15, 0.2) is 11.1 Å². The summed E-state index contributed by atoms with van der Waals surface area (Å²) in [7, 11) is 0. The van der Waals surface area contributed by atoms with Gasteiger partial charge in [-0.25, -0.2) is 4.98 Å². The maximum Gasteiger partial charge on any atom is 0.280 e. The Kier molecular flexibility index (Phi) is 3.52. The van der Waals surface area contributed by atoms with Crippen molar-refractivity contribution in [1.82, 2.24) is 19.5 Å². The van der Waals surface area contributed by atoms with E-state index in [1.54, 1.807) is 0 Å². The predicted molar refractivity (Wildman–Crippen MR) is 65.9 cm³/mol. The van der Waals surface area contributed by atoms with Gasteiger partial charge in [0.1, 0.15) is 18.3 Å². The van der Waals surface area contributed by atoms with Crippen molar-refractivity contribution >= 4 is 17.1 Å². The van der Waals surface area contributed by atoms with Gasteiger partial charge in [0.05, 0.1) is 12.9 Å². The molecule has 1 aliphatic rings. The van der Waals surface area contributed by atoms with E-state index in [2.05, 4.69) is 9.97 Å². The van der Waals surface area contributed by atoms with Crippen molar-refractivity contribution in [3.8, 4) is 0 Å². The quantitative estimate of drug-likeness (QED) is 0.492. The number of hydrogen-bond donors (Lipinski definition) is 4. The molecule has 0 saturated carbocycles. The Labute approximate surface area is 120 Å². The smallest absolute Gasteiger partial charge is 0.280 e. The third-order valence-corrected chi connectivity index (χ3v) is 3.37. The summed E-state index contributed by atoms with van der Waals surface area (Å²) in [5.41, 5.74) is -1.39. The third-order valence-electron chi connectivity index (χ3n) is 3.37. The molecule has 0 amide bonds. The number of ether oxygens (including phenoxy) is 1. The molecule has 1 aliphatic heterocycles. The van der Waals surface area contributed by atoms with E-state index in [-0.39, 0.29) is 11.2 Å². The highest BCUT2D eigenvalue weighted by molar-refractivity contribution is 5.70. The molecule has 10 nitrogen and oxygen atoms in total. The van der Waals surface area contributed by atoms with Crippen LogP contribution in [0.3, 0.4) is 0 Å². The molecule has 0 spiro atoms. The highest BCUT2D eigenvalue weighted by Gasteiger charge is 2.44. The lowest BCUT2D eigenvalue weighted by Crippen LogP contribution is -2.33. The van der Waals surface area contributed by atoms with Gasteiger partial charge in [0, 0.05) is 0 Å². The van der Waals surface area contributed by atoms with Crippen molar-refractivity contribution in [1.29, 1.82) is 0 Å². The van der Waals surface area contributed by atoms with Crippen LogP contribution in [0.4, 0.5) is 14.9 Å². The summed E-state index contributed by atoms with van der Waals surface area (Å²) < 4.78 is 31.4. The van der Waals surface area contributed by atoms with Crippen LogP contribution in [0.2, 0.25) is 0 Å². The Morgan fingerprint density at radius 2 is 2.14 bits per heavy atom. The standard InChI is InChI=1S/C10H11F2N5O5/c11-17(12)10-14-7-4(8(21)15-10)13-2-16(7)9-6(20)5(19)3(1-18)22-9/h2-3,5-6,9,18-20H,1H2,(H,14,15,21)/t3-,5-,6-,9-/m1/s1. The van der Waals surface area contributed by atoms with Gasteiger partial charge in [-0.15, -0.1) is 0 Å². The Hall–Kier alpha value is -2.15. The second-order valence-corrected chi connectivity index (χ2v) is 4.68. The van der Waals surface area contributed by atoms with Crippen molar-refractivity contribution in [3.05, 3.63) is 16.7 Å². The molecule has 12 heteroatoms. The number of rotatable bonds is 3. The summed E-state index contributed by atoms with van der Waals surface area (Å²) in [6, 6.07) is 0. The minimum atomic E-state index is -1.45. The van der Waals surface area contributed by atoms with Crippen LogP contribution in [0.5, 0.6) is 0 Å². The molecule has 0 radical (unpaired) electrons. The van der Waals surface area contributed by atoms with Gasteiger partial charge in [0.2, 0.25) is 0 Å². The summed E-state index contributed by atoms with van der Waals surface area (Å²) in [6.45, 7) is -0.552. The van der Waals surface area contributed by atoms with Gasteiger partial charge in [0.15, 0.2) is 17.4 Å². The minimum Gasteiger partial charge on any atom is -0.394 e. The summed E-state index contributed by atoms with van der Waals surface area (Å²) in [5, 5.41) is 27.3. The number of fused-ring (bicyclic) bond motifs is 1. The molecule has 120 valence electrons. The Balaban J connectivity index is 2.10. The van der Waals surface area contributed by atoms with Crippen LogP contribution in [0, 0.1) is 0 Å². The van der Waals surface area contributed by atoms with Crippen LogP contribution >= 0.6 is 0 Å². The molecular weight excluding hydrogens is 308 g/mol. The van der Waals surface area contributed by atoms with E-state index in [4.69, 9.17) is 9.84 Å². The van der Waals surface area contributed by atoms with E-state index in [0.717, 1.165) is 10.9 Å². The Morgan fingerprint density at radius 1 is 1.41 bits per heavy atom. The number of halogens is 2. The van der Waals surface area contributed by atoms with Crippen molar-refractivity contribution in [2.75, 3.05) is 12.0 Å². The number of aromatic nitrogens is 4. The molecule has 1 saturated heterocycles. The first-order valence-corrected chi connectivity index (χ1v) is 6.15. The fourth-order valence-electron chi connectivity index (χ4n) is 2.29. The lowest BCUT2D eigenvalue weighted by Gasteiger charge is -2.16. The number of aliphatic hydroxyl groups is 3. The first kappa shape index (κ1) is 14.8. The predicted octanol–water partition coefficient (Wildman–Crippen LogP) is -1.69. The van der Waals surface area contributed by atoms with Gasteiger partial charge >= 0.3 is 0 Å². The number of anilines is 1. The van der Waals surface area contributed by atoms with Gasteiger partial charge in [0.25, 0.3) is 11.5 Å². The topological polar surface area (TPSA) is 137 Å². The molecule has 0 aromatic carbocycles. The highest BCUT2D eigenvalue weighted by Crippen LogP contribution is 2.31. The number of H-pyrrole nitrogens is 1. The molecule has 2 aromatic heterocycles. The van der Waals surface area contributed by atoms with Crippen LogP contribution in [0.25, 0.3) is 11.2 Å². The monoisotopic (exact) mass is 319 g/mol. The molecule has 3 heterocycles. The Bertz CT molecular complexity index is 749. The molecule has 1 fully saturated rings. The number of imidazole rings is 1. The number of nitrogens with zero attached hydrogens (tertiary/aromatic N) is 4. The second-order valence-electron chi connectivity index (χ2n) is 4.68. The van der Waals surface area contributed by atoms with E-state index >= 15 is 0 Å². The van der Waals surface area contributed by atoms with E-state index in [1.807, 2.05) is 4.98 Å². The van der Waals surface area contributed by atoms with Gasteiger partial charge in [-0.1, -0.05) is 8.96 Å². The molecule has 2 aromatic rings. The normalized spacial score (nSPS) is 28.4. The first-order chi connectivity index (χ1) is 10.4. The van der Waals surface area contributed by atoms with Crippen molar-refractivity contribution in [2.24, 2.45) is 0 Å². The largest absolute Gasteiger partial charge is 0.394 e. The van der Waals surface area contributed by atoms with Crippen LogP contribution < -0.4 is 10.9 Å². The number of hydrogen-bond acceptors (Lipinski definition) is 8. The molecule has 4 N–H and O–H groups in total. The van der Waals surface area contributed by atoms with Crippen LogP contribution in [0.1, 0.15) is 6.23 Å². The SMILES string of the molecule is O=c1[nH]c(N(F)F)nc2c1ncn2[C@@H]1O[C@H](CO)[C@@H](O)[C@H]1O. The summed E-state index contributed by atoms with van der Waals surface area (Å²) >= 11 is 0. The zero-order chi connectivity index (χ0) is 16.0. The zero-order valence-electron chi connectivity index (χ0n) is 10.8. The van der Waals surface area contributed by atoms with Crippen LogP contribution in [-0.2, 0) is 4.74 Å². The maximum absolute atomic E-state index is 12.6. The fraction of sp³-hybridized carbons (Fsp3) is 0.500. The van der Waals surface area contributed by atoms with Gasteiger partial charge in [-0.2, -0.15) is 4.98 Å². The van der Waals surface area contributed by atoms with E-state index < -0.39 is 48.0 Å². The molecule has 0 unspecified atom stereocenters. The van der Waals surface area contributed by atoms with Crippen molar-refractivity contribution < 1.29 is 29.0 Å². The third kappa shape index (κ3) is 2.12. The first-order valence-electron chi connectivity index (χ1n) is 6.15. The highest BCUT2D eigenvalue weighted by atomic mass is 19.4. The summed E-state index contributed by atoms with van der Waals surface area (Å²) in [6.07, 6.45) is -4.05. The molecule has 0 aliphatic carbocycles. The van der Waals surface area contributed by atoms with E-state index in [1.165, 1.54) is 0 Å². The van der Waals surface area contributed by atoms with Gasteiger partial charge in [-0.3, -0.25) is 14.3 Å². The van der Waals surface area contributed by atoms with E-state index in [0.29, 0.717) is 0 Å². The van der Waals surface area contributed by atoms with E-state index in [9.17, 15) is 24.0 Å². The molecule has 3 rings (SSSR count). The maximum atomic E-state index is 12.6. The fourth-order valence-corrected chi connectivity index (χ4v) is 2.29. The number of aliphatic hydroxyl groups excluding tert-OH is 3. The minimum absolute atomic E-state index is 0.233. The van der Waals surface area contributed by atoms with Crippen molar-refractivity contribution in [3.63, 3.8) is 0 Å². The molecule has 4 atom stereocenters. The number of aromatic amines is 1. The van der Waals surface area contributed by atoms with Crippen LogP contribution in [-0.4, -0.2) is 59.8 Å². The van der Waals surface area contributed by atoms with Crippen molar-refractivity contribution in [2.45, 2.75) is 24.5 Å². The molecule has 22 heavy (non-hydrogen) atoms. The van der Waals surface area contributed by atoms with Gasteiger partial charge < -0.3 is 20.1 Å². The molecule has 0 bridgehead atoms. The van der Waals surface area contributed by atoms with Gasteiger partial charge in [-0.05, 0) is 5.34 Å². The molecular formula is C10H11F2N5O5. The second kappa shape index (κ2) is 5.24. The average molecular weight is 319 g/mol.